The van der Waals surface area contributed by atoms with E-state index in [4.69, 9.17) is 4.74 Å². The number of aromatic nitrogens is 3. The third-order valence-electron chi connectivity index (χ3n) is 2.39. The van der Waals surface area contributed by atoms with Crippen LogP contribution in [0.2, 0.25) is 0 Å². The van der Waals surface area contributed by atoms with Crippen molar-refractivity contribution in [2.45, 2.75) is 13.3 Å². The smallest absolute Gasteiger partial charge is 0.250 e. The van der Waals surface area contributed by atoms with Gasteiger partial charge in [0.25, 0.3) is 0 Å². The van der Waals surface area contributed by atoms with Crippen LogP contribution >= 0.6 is 0 Å². The number of para-hydroxylation sites is 2. The normalized spacial score (nSPS) is 10.4. The van der Waals surface area contributed by atoms with Gasteiger partial charge in [-0.1, -0.05) is 19.1 Å². The average molecular weight is 260 g/mol. The molecule has 2 aromatic rings. The van der Waals surface area contributed by atoms with Crippen molar-refractivity contribution in [2.75, 3.05) is 18.5 Å². The fourth-order valence-electron chi connectivity index (χ4n) is 1.59. The Morgan fingerprint density at radius 2 is 2.05 bits per heavy atom. The standard InChI is InChI=1S/C13H16N4O2/c1-2-9-19-10-13(18)16-11-5-3-4-6-12(11)17-14-7-8-15-17/h3-8H,2,9-10H2,1H3,(H,16,18). The van der Waals surface area contributed by atoms with Crippen molar-refractivity contribution in [3.05, 3.63) is 36.7 Å². The zero-order valence-corrected chi connectivity index (χ0v) is 10.7. The predicted octanol–water partition coefficient (Wildman–Crippen LogP) is 1.63. The maximum absolute atomic E-state index is 11.7. The van der Waals surface area contributed by atoms with Crippen molar-refractivity contribution < 1.29 is 9.53 Å². The van der Waals surface area contributed by atoms with Crippen molar-refractivity contribution in [1.82, 2.24) is 15.0 Å². The molecule has 6 heteroatoms. The molecule has 0 fully saturated rings. The number of amides is 1. The zero-order chi connectivity index (χ0) is 13.5. The Labute approximate surface area is 111 Å². The molecule has 0 aliphatic carbocycles. The minimum atomic E-state index is -0.187. The summed E-state index contributed by atoms with van der Waals surface area (Å²) in [5.74, 6) is -0.187. The second-order valence-corrected chi connectivity index (χ2v) is 3.94. The summed E-state index contributed by atoms with van der Waals surface area (Å²) >= 11 is 0. The summed E-state index contributed by atoms with van der Waals surface area (Å²) in [5, 5.41) is 10.9. The Kier molecular flexibility index (Phi) is 4.63. The van der Waals surface area contributed by atoms with Gasteiger partial charge in [-0.05, 0) is 18.6 Å². The molecule has 1 N–H and O–H groups in total. The summed E-state index contributed by atoms with van der Waals surface area (Å²) < 4.78 is 5.20. The number of carbonyl (C=O) groups excluding carboxylic acids is 1. The highest BCUT2D eigenvalue weighted by Gasteiger charge is 2.08. The van der Waals surface area contributed by atoms with Gasteiger partial charge in [0.15, 0.2) is 0 Å². The van der Waals surface area contributed by atoms with Crippen LogP contribution < -0.4 is 5.32 Å². The summed E-state index contributed by atoms with van der Waals surface area (Å²) in [6, 6.07) is 7.34. The molecule has 0 saturated heterocycles. The third-order valence-corrected chi connectivity index (χ3v) is 2.39. The number of hydrogen-bond donors (Lipinski definition) is 1. The molecule has 2 rings (SSSR count). The van der Waals surface area contributed by atoms with Gasteiger partial charge in [-0.25, -0.2) is 0 Å². The number of nitrogens with zero attached hydrogens (tertiary/aromatic N) is 3. The monoisotopic (exact) mass is 260 g/mol. The topological polar surface area (TPSA) is 69.0 Å². The summed E-state index contributed by atoms with van der Waals surface area (Å²) in [6.07, 6.45) is 4.06. The van der Waals surface area contributed by atoms with Crippen molar-refractivity contribution in [2.24, 2.45) is 0 Å². The van der Waals surface area contributed by atoms with Gasteiger partial charge in [-0.2, -0.15) is 10.2 Å². The first-order valence-corrected chi connectivity index (χ1v) is 6.14. The van der Waals surface area contributed by atoms with Crippen molar-refractivity contribution in [1.29, 1.82) is 0 Å². The maximum atomic E-state index is 11.7. The van der Waals surface area contributed by atoms with Gasteiger partial charge in [0, 0.05) is 6.61 Å². The molecule has 0 radical (unpaired) electrons. The molecule has 0 bridgehead atoms. The lowest BCUT2D eigenvalue weighted by Crippen LogP contribution is -2.19. The first-order valence-electron chi connectivity index (χ1n) is 6.14. The highest BCUT2D eigenvalue weighted by molar-refractivity contribution is 5.93. The molecular formula is C13H16N4O2. The van der Waals surface area contributed by atoms with Gasteiger partial charge in [-0.3, -0.25) is 4.79 Å². The van der Waals surface area contributed by atoms with Gasteiger partial charge in [0.05, 0.1) is 18.1 Å². The summed E-state index contributed by atoms with van der Waals surface area (Å²) in [5.41, 5.74) is 1.38. The van der Waals surface area contributed by atoms with E-state index in [0.717, 1.165) is 12.1 Å². The molecular weight excluding hydrogens is 244 g/mol. The largest absolute Gasteiger partial charge is 0.372 e. The average Bonchev–Trinajstić information content (AvgIpc) is 2.93. The lowest BCUT2D eigenvalue weighted by atomic mass is 10.2. The van der Waals surface area contributed by atoms with Gasteiger partial charge < -0.3 is 10.1 Å². The molecule has 1 amide bonds. The van der Waals surface area contributed by atoms with Crippen LogP contribution in [0, 0.1) is 0 Å². The summed E-state index contributed by atoms with van der Waals surface area (Å²) in [6.45, 7) is 2.63. The summed E-state index contributed by atoms with van der Waals surface area (Å²) in [7, 11) is 0. The third kappa shape index (κ3) is 3.62. The van der Waals surface area contributed by atoms with Crippen molar-refractivity contribution >= 4 is 11.6 Å². The SMILES string of the molecule is CCCOCC(=O)Nc1ccccc1-n1nccn1. The van der Waals surface area contributed by atoms with Gasteiger partial charge in [0.1, 0.15) is 12.3 Å². The molecule has 0 atom stereocenters. The van der Waals surface area contributed by atoms with Crippen molar-refractivity contribution in [3.63, 3.8) is 0 Å². The Balaban J connectivity index is 2.06. The lowest BCUT2D eigenvalue weighted by molar-refractivity contribution is -0.120. The van der Waals surface area contributed by atoms with E-state index < -0.39 is 0 Å². The fraction of sp³-hybridized carbons (Fsp3) is 0.308. The zero-order valence-electron chi connectivity index (χ0n) is 10.7. The molecule has 0 spiro atoms. The number of hydrogen-bond acceptors (Lipinski definition) is 4. The number of ether oxygens (including phenoxy) is 1. The molecule has 1 aromatic heterocycles. The van der Waals surface area contributed by atoms with Gasteiger partial charge in [-0.15, -0.1) is 4.80 Å². The van der Waals surface area contributed by atoms with Crippen LogP contribution in [-0.2, 0) is 9.53 Å². The maximum Gasteiger partial charge on any atom is 0.250 e. The minimum Gasteiger partial charge on any atom is -0.372 e. The van der Waals surface area contributed by atoms with Gasteiger partial charge >= 0.3 is 0 Å². The molecule has 100 valence electrons. The number of carbonyl (C=O) groups is 1. The van der Waals surface area contributed by atoms with Crippen LogP contribution in [0.25, 0.3) is 5.69 Å². The quantitative estimate of drug-likeness (QED) is 0.801. The molecule has 19 heavy (non-hydrogen) atoms. The van der Waals surface area contributed by atoms with E-state index in [9.17, 15) is 4.79 Å². The number of anilines is 1. The van der Waals surface area contributed by atoms with E-state index in [2.05, 4.69) is 15.5 Å². The van der Waals surface area contributed by atoms with Crippen LogP contribution in [0.1, 0.15) is 13.3 Å². The Morgan fingerprint density at radius 3 is 2.79 bits per heavy atom. The Hall–Kier alpha value is -2.21. The second-order valence-electron chi connectivity index (χ2n) is 3.94. The molecule has 0 aliphatic heterocycles. The molecule has 0 saturated carbocycles. The molecule has 6 nitrogen and oxygen atoms in total. The van der Waals surface area contributed by atoms with Crippen LogP contribution in [0.5, 0.6) is 0 Å². The molecule has 0 unspecified atom stereocenters. The second kappa shape index (κ2) is 6.65. The van der Waals surface area contributed by atoms with E-state index in [-0.39, 0.29) is 12.5 Å². The van der Waals surface area contributed by atoms with Crippen LogP contribution in [-0.4, -0.2) is 34.1 Å². The molecule has 0 aliphatic rings. The van der Waals surface area contributed by atoms with Gasteiger partial charge in [0.2, 0.25) is 5.91 Å². The van der Waals surface area contributed by atoms with Crippen LogP contribution in [0.15, 0.2) is 36.7 Å². The number of benzene rings is 1. The lowest BCUT2D eigenvalue weighted by Gasteiger charge is -2.10. The first-order chi connectivity index (χ1) is 9.31. The summed E-state index contributed by atoms with van der Waals surface area (Å²) in [4.78, 5) is 13.2. The van der Waals surface area contributed by atoms with E-state index in [1.165, 1.54) is 4.80 Å². The minimum absolute atomic E-state index is 0.0503. The van der Waals surface area contributed by atoms with E-state index in [1.54, 1.807) is 18.5 Å². The molecule has 1 heterocycles. The number of rotatable bonds is 6. The Bertz CT molecular complexity index is 525. The van der Waals surface area contributed by atoms with Crippen LogP contribution in [0.4, 0.5) is 5.69 Å². The first kappa shape index (κ1) is 13.2. The van der Waals surface area contributed by atoms with E-state index >= 15 is 0 Å². The van der Waals surface area contributed by atoms with E-state index in [1.807, 2.05) is 25.1 Å². The highest BCUT2D eigenvalue weighted by Crippen LogP contribution is 2.17. The number of nitrogens with one attached hydrogen (secondary N) is 1. The molecule has 1 aromatic carbocycles. The predicted molar refractivity (Wildman–Crippen MR) is 71.1 cm³/mol. The van der Waals surface area contributed by atoms with E-state index in [0.29, 0.717) is 12.3 Å². The van der Waals surface area contributed by atoms with Crippen LogP contribution in [0.3, 0.4) is 0 Å². The highest BCUT2D eigenvalue weighted by atomic mass is 16.5. The Morgan fingerprint density at radius 1 is 1.32 bits per heavy atom. The fourth-order valence-corrected chi connectivity index (χ4v) is 1.59. The van der Waals surface area contributed by atoms with Crippen molar-refractivity contribution in [3.8, 4) is 5.69 Å².